The van der Waals surface area contributed by atoms with Crippen molar-refractivity contribution in [2.45, 2.75) is 38.4 Å². The number of rotatable bonds is 7. The van der Waals surface area contributed by atoms with Gasteiger partial charge >= 0.3 is 0 Å². The molecule has 1 fully saturated rings. The summed E-state index contributed by atoms with van der Waals surface area (Å²) in [4.78, 5) is 11.9. The van der Waals surface area contributed by atoms with Gasteiger partial charge in [-0.3, -0.25) is 5.32 Å². The lowest BCUT2D eigenvalue weighted by atomic mass is 9.92. The molecule has 1 aliphatic carbocycles. The van der Waals surface area contributed by atoms with E-state index in [1.165, 1.54) is 11.3 Å². The number of hydrogen-bond donors (Lipinski definition) is 3. The van der Waals surface area contributed by atoms with Crippen molar-refractivity contribution < 1.29 is 13.5 Å². The minimum absolute atomic E-state index is 0.000970. The Labute approximate surface area is 197 Å². The summed E-state index contributed by atoms with van der Waals surface area (Å²) in [5.74, 6) is 1.16. The SMILES string of the molecule is CN1CCN(C2=NC3=C(CCCC3)C(NCCS(=O)(=O)NCc3ccc(O)cc3)N2C)CC1. The molecule has 4 rings (SSSR count). The molecular formula is C23H36N6O3S. The van der Waals surface area contributed by atoms with E-state index < -0.39 is 10.0 Å². The summed E-state index contributed by atoms with van der Waals surface area (Å²) in [5.41, 5.74) is 3.29. The van der Waals surface area contributed by atoms with E-state index in [1.54, 1.807) is 24.3 Å². The third-order valence-electron chi connectivity index (χ3n) is 6.68. The van der Waals surface area contributed by atoms with Gasteiger partial charge in [-0.1, -0.05) is 12.1 Å². The number of hydrogen-bond acceptors (Lipinski definition) is 8. The molecule has 1 unspecified atom stereocenters. The predicted molar refractivity (Wildman–Crippen MR) is 130 cm³/mol. The Balaban J connectivity index is 1.37. The number of aliphatic imine (C=N–C) groups is 1. The first kappa shape index (κ1) is 24.0. The highest BCUT2D eigenvalue weighted by molar-refractivity contribution is 7.89. The zero-order valence-electron chi connectivity index (χ0n) is 19.6. The van der Waals surface area contributed by atoms with E-state index in [0.717, 1.165) is 63.4 Å². The summed E-state index contributed by atoms with van der Waals surface area (Å²) in [6.07, 6.45) is 4.27. The lowest BCUT2D eigenvalue weighted by molar-refractivity contribution is 0.187. The summed E-state index contributed by atoms with van der Waals surface area (Å²) < 4.78 is 27.8. The molecule has 2 aliphatic heterocycles. The van der Waals surface area contributed by atoms with Crippen molar-refractivity contribution >= 4 is 16.0 Å². The van der Waals surface area contributed by atoms with Crippen molar-refractivity contribution in [2.75, 3.05) is 52.6 Å². The van der Waals surface area contributed by atoms with E-state index in [4.69, 9.17) is 4.99 Å². The highest BCUT2D eigenvalue weighted by Crippen LogP contribution is 2.33. The van der Waals surface area contributed by atoms with Crippen LogP contribution in [-0.2, 0) is 16.6 Å². The number of sulfonamides is 1. The molecule has 0 radical (unpaired) electrons. The van der Waals surface area contributed by atoms with Crippen molar-refractivity contribution in [1.82, 2.24) is 24.7 Å². The van der Waals surface area contributed by atoms with Gasteiger partial charge in [-0.05, 0) is 56.0 Å². The third kappa shape index (κ3) is 6.06. The summed E-state index contributed by atoms with van der Waals surface area (Å²) in [5, 5.41) is 12.9. The van der Waals surface area contributed by atoms with E-state index in [0.29, 0.717) is 6.54 Å². The van der Waals surface area contributed by atoms with E-state index in [9.17, 15) is 13.5 Å². The molecule has 0 amide bonds. The second-order valence-corrected chi connectivity index (χ2v) is 11.1. The third-order valence-corrected chi connectivity index (χ3v) is 8.00. The van der Waals surface area contributed by atoms with Crippen molar-refractivity contribution in [2.24, 2.45) is 4.99 Å². The van der Waals surface area contributed by atoms with Crippen LogP contribution in [0, 0.1) is 0 Å². The van der Waals surface area contributed by atoms with Crippen molar-refractivity contribution in [1.29, 1.82) is 0 Å². The molecule has 9 nitrogen and oxygen atoms in total. The molecule has 0 aromatic heterocycles. The van der Waals surface area contributed by atoms with Gasteiger partial charge in [-0.15, -0.1) is 0 Å². The first-order chi connectivity index (χ1) is 15.8. The normalized spacial score (nSPS) is 22.4. The average molecular weight is 477 g/mol. The van der Waals surface area contributed by atoms with Crippen LogP contribution < -0.4 is 10.0 Å². The van der Waals surface area contributed by atoms with Crippen LogP contribution in [0.1, 0.15) is 31.2 Å². The summed E-state index contributed by atoms with van der Waals surface area (Å²) in [6, 6.07) is 6.53. The predicted octanol–water partition coefficient (Wildman–Crippen LogP) is 1.10. The summed E-state index contributed by atoms with van der Waals surface area (Å²) in [6.45, 7) is 4.49. The molecule has 1 atom stereocenters. The number of aromatic hydroxyl groups is 1. The monoisotopic (exact) mass is 476 g/mol. The Morgan fingerprint density at radius 2 is 1.76 bits per heavy atom. The van der Waals surface area contributed by atoms with Crippen molar-refractivity contribution in [3.8, 4) is 5.75 Å². The van der Waals surface area contributed by atoms with Gasteiger partial charge in [-0.25, -0.2) is 18.1 Å². The lowest BCUT2D eigenvalue weighted by Crippen LogP contribution is -2.59. The molecule has 0 saturated carbocycles. The second kappa shape index (κ2) is 10.4. The summed E-state index contributed by atoms with van der Waals surface area (Å²) in [7, 11) is 0.772. The highest BCUT2D eigenvalue weighted by atomic mass is 32.2. The van der Waals surface area contributed by atoms with Gasteiger partial charge in [0.2, 0.25) is 16.0 Å². The maximum atomic E-state index is 12.6. The van der Waals surface area contributed by atoms with Crippen LogP contribution in [0.3, 0.4) is 0 Å². The highest BCUT2D eigenvalue weighted by Gasteiger charge is 2.33. The zero-order chi connectivity index (χ0) is 23.4. The Morgan fingerprint density at radius 1 is 1.06 bits per heavy atom. The van der Waals surface area contributed by atoms with E-state index in [2.05, 4.69) is 38.8 Å². The molecule has 182 valence electrons. The number of phenols is 1. The van der Waals surface area contributed by atoms with Gasteiger partial charge < -0.3 is 19.8 Å². The number of phenolic OH excluding ortho intramolecular Hbond substituents is 1. The van der Waals surface area contributed by atoms with Crippen LogP contribution in [0.25, 0.3) is 0 Å². The first-order valence-electron chi connectivity index (χ1n) is 11.8. The summed E-state index contributed by atoms with van der Waals surface area (Å²) >= 11 is 0. The van der Waals surface area contributed by atoms with Gasteiger partial charge in [0.25, 0.3) is 0 Å². The molecule has 1 aromatic rings. The van der Waals surface area contributed by atoms with Gasteiger partial charge in [0, 0.05) is 52.0 Å². The number of benzene rings is 1. The second-order valence-electron chi connectivity index (χ2n) is 9.16. The average Bonchev–Trinajstić information content (AvgIpc) is 2.80. The first-order valence-corrected chi connectivity index (χ1v) is 13.4. The molecule has 0 spiro atoms. The lowest BCUT2D eigenvalue weighted by Gasteiger charge is -2.44. The number of likely N-dealkylation sites (N-methyl/N-ethyl adjacent to an activating group) is 2. The van der Waals surface area contributed by atoms with Gasteiger partial charge in [0.15, 0.2) is 0 Å². The molecule has 10 heteroatoms. The van der Waals surface area contributed by atoms with E-state index in [-0.39, 0.29) is 24.2 Å². The molecule has 33 heavy (non-hydrogen) atoms. The molecule has 2 heterocycles. The van der Waals surface area contributed by atoms with Crippen LogP contribution >= 0.6 is 0 Å². The largest absolute Gasteiger partial charge is 0.508 e. The Hall–Kier alpha value is -2.14. The standard InChI is InChI=1S/C23H36N6O3S/c1-27-12-14-29(15-13-27)23-26-21-6-4-3-5-20(21)22(28(23)2)24-11-16-33(31,32)25-17-18-7-9-19(30)10-8-18/h7-10,22,24-25,30H,3-6,11-17H2,1-2H3. The molecule has 1 saturated heterocycles. The molecule has 3 N–H and O–H groups in total. The number of nitrogens with one attached hydrogen (secondary N) is 2. The number of guanidine groups is 1. The maximum Gasteiger partial charge on any atom is 0.213 e. The Morgan fingerprint density at radius 3 is 2.48 bits per heavy atom. The fourth-order valence-electron chi connectivity index (χ4n) is 4.65. The quantitative estimate of drug-likeness (QED) is 0.542. The zero-order valence-corrected chi connectivity index (χ0v) is 20.4. The molecule has 0 bridgehead atoms. The van der Waals surface area contributed by atoms with Crippen LogP contribution in [0.4, 0.5) is 0 Å². The Bertz CT molecular complexity index is 984. The van der Waals surface area contributed by atoms with Gasteiger partial charge in [-0.2, -0.15) is 0 Å². The smallest absolute Gasteiger partial charge is 0.213 e. The van der Waals surface area contributed by atoms with Gasteiger partial charge in [0.1, 0.15) is 11.9 Å². The molecule has 3 aliphatic rings. The minimum Gasteiger partial charge on any atom is -0.508 e. The fraction of sp³-hybridized carbons (Fsp3) is 0.609. The molecular weight excluding hydrogens is 440 g/mol. The van der Waals surface area contributed by atoms with Crippen LogP contribution in [0.15, 0.2) is 40.5 Å². The van der Waals surface area contributed by atoms with Crippen LogP contribution in [0.2, 0.25) is 0 Å². The minimum atomic E-state index is -3.43. The van der Waals surface area contributed by atoms with E-state index >= 15 is 0 Å². The maximum absolute atomic E-state index is 12.6. The number of nitrogens with zero attached hydrogens (tertiary/aromatic N) is 4. The fourth-order valence-corrected chi connectivity index (χ4v) is 5.57. The van der Waals surface area contributed by atoms with Crippen LogP contribution in [0.5, 0.6) is 5.75 Å². The van der Waals surface area contributed by atoms with Gasteiger partial charge in [0.05, 0.1) is 5.75 Å². The van der Waals surface area contributed by atoms with E-state index in [1.807, 2.05) is 0 Å². The Kier molecular flexibility index (Phi) is 7.58. The number of piperazine rings is 1. The number of allylic oxidation sites excluding steroid dienone is 1. The van der Waals surface area contributed by atoms with Crippen molar-refractivity contribution in [3.63, 3.8) is 0 Å². The van der Waals surface area contributed by atoms with Crippen LogP contribution in [-0.4, -0.2) is 92.9 Å². The van der Waals surface area contributed by atoms with Crippen molar-refractivity contribution in [3.05, 3.63) is 41.1 Å². The topological polar surface area (TPSA) is 101 Å². The molecule has 1 aromatic carbocycles.